The van der Waals surface area contributed by atoms with Crippen molar-refractivity contribution in [2.24, 2.45) is 5.92 Å². The summed E-state index contributed by atoms with van der Waals surface area (Å²) in [5.41, 5.74) is 4.73. The van der Waals surface area contributed by atoms with Crippen LogP contribution in [0.5, 0.6) is 28.7 Å². The Morgan fingerprint density at radius 2 is 1.62 bits per heavy atom. The van der Waals surface area contributed by atoms with Crippen LogP contribution in [0.3, 0.4) is 0 Å². The van der Waals surface area contributed by atoms with E-state index in [1.165, 1.54) is 18.2 Å². The van der Waals surface area contributed by atoms with Gasteiger partial charge in [-0.3, -0.25) is 0 Å². The van der Waals surface area contributed by atoms with Crippen molar-refractivity contribution >= 4 is 11.9 Å². The summed E-state index contributed by atoms with van der Waals surface area (Å²) >= 11 is 0. The number of hydrogen-bond donors (Lipinski definition) is 1. The number of carboxylic acid groups (broad SMARTS) is 2. The molecule has 0 fully saturated rings. The molecule has 3 aliphatic rings. The first-order chi connectivity index (χ1) is 22.8. The van der Waals surface area contributed by atoms with E-state index in [0.29, 0.717) is 40.7 Å². The Balaban J connectivity index is 0.00000401. The monoisotopic (exact) mass is 658 g/mol. The fraction of sp³-hybridized carbons (Fsp3) is 0.316. The maximum absolute atomic E-state index is 13.9. The summed E-state index contributed by atoms with van der Waals surface area (Å²) in [5, 5.41) is 23.4. The van der Waals surface area contributed by atoms with Gasteiger partial charge in [-0.25, -0.2) is 4.79 Å². The van der Waals surface area contributed by atoms with Gasteiger partial charge < -0.3 is 38.7 Å². The maximum Gasteiger partial charge on any atom is 1.00 e. The van der Waals surface area contributed by atoms with E-state index in [1.54, 1.807) is 18.2 Å². The summed E-state index contributed by atoms with van der Waals surface area (Å²) in [6, 6.07) is 22.7. The average Bonchev–Trinajstić information content (AvgIpc) is 3.82. The number of carbonyl (C=O) groups excluding carboxylic acids is 1. The first kappa shape index (κ1) is 33.7. The third kappa shape index (κ3) is 5.67. The zero-order valence-electron chi connectivity index (χ0n) is 27.2. The molecule has 0 aromatic heterocycles. The summed E-state index contributed by atoms with van der Waals surface area (Å²) < 4.78 is 28.8. The van der Waals surface area contributed by atoms with Crippen LogP contribution in [-0.2, 0) is 27.8 Å². The van der Waals surface area contributed by atoms with Crippen LogP contribution in [0.25, 0.3) is 0 Å². The van der Waals surface area contributed by atoms with E-state index in [4.69, 9.17) is 23.7 Å². The van der Waals surface area contributed by atoms with Gasteiger partial charge in [0.25, 0.3) is 0 Å². The molecule has 1 N–H and O–H groups in total. The number of aliphatic carboxylic acids is 2. The summed E-state index contributed by atoms with van der Waals surface area (Å²) in [7, 11) is 1.50. The van der Waals surface area contributed by atoms with Crippen molar-refractivity contribution in [1.29, 1.82) is 0 Å². The summed E-state index contributed by atoms with van der Waals surface area (Å²) in [4.78, 5) is 25.5. The average molecular weight is 659 g/mol. The Morgan fingerprint density at radius 3 is 2.40 bits per heavy atom. The molecule has 0 radical (unpaired) electrons. The van der Waals surface area contributed by atoms with Crippen molar-refractivity contribution in [1.82, 2.24) is 0 Å². The summed E-state index contributed by atoms with van der Waals surface area (Å²) in [6.07, 6.45) is 3.71. The number of aryl methyl sites for hydroxylation is 2. The molecule has 0 spiro atoms. The van der Waals surface area contributed by atoms with Crippen LogP contribution in [0.1, 0.15) is 64.6 Å². The fourth-order valence-electron chi connectivity index (χ4n) is 7.68. The summed E-state index contributed by atoms with van der Waals surface area (Å²) in [5.74, 6) is -2.08. The molecule has 1 heterocycles. The number of methoxy groups -OCH3 is 1. The standard InChI is InChI=1S/C38H36O9.Na/c1-3-15-44-27-11-13-30-29(18-27)35(28-12-10-26(43-2)19-32(28)45-20-34(39)40)36(37(41)42)38(30,24-8-7-22-5-4-6-23(22)16-24)25-9-14-31-33(17-25)47-21-46-31;/h7-14,16-19,35-36H,3-6,15,20-21H2,1-2H3,(H,39,40)(H,41,42);/q;+1/p-1/t35-,36+,38-;/m1./s1. The molecule has 0 amide bonds. The number of carboxylic acids is 2. The van der Waals surface area contributed by atoms with Crippen LogP contribution in [-0.4, -0.2) is 44.2 Å². The largest absolute Gasteiger partial charge is 1.00 e. The van der Waals surface area contributed by atoms with E-state index in [1.807, 2.05) is 49.4 Å². The molecular formula is C38H35NaO9. The van der Waals surface area contributed by atoms with Gasteiger partial charge in [0.2, 0.25) is 6.79 Å². The van der Waals surface area contributed by atoms with Crippen LogP contribution in [0.2, 0.25) is 0 Å². The molecule has 4 aromatic rings. The Bertz CT molecular complexity index is 1810. The molecule has 242 valence electrons. The first-order valence-corrected chi connectivity index (χ1v) is 15.9. The van der Waals surface area contributed by atoms with E-state index < -0.39 is 35.8 Å². The van der Waals surface area contributed by atoms with Gasteiger partial charge in [0, 0.05) is 29.4 Å². The zero-order chi connectivity index (χ0) is 32.7. The van der Waals surface area contributed by atoms with Crippen molar-refractivity contribution in [2.75, 3.05) is 27.1 Å². The topological polar surface area (TPSA) is 124 Å². The SMILES string of the molecule is CCCOc1ccc2c(c1)[C@@H](c1ccc(OC)cc1OCC(=O)O)[C@@H](C(=O)[O-])[C@]2(c1ccc2c(c1)CCC2)c1ccc2c(c1)OCO2.[Na+]. The van der Waals surface area contributed by atoms with Crippen LogP contribution in [0, 0.1) is 5.92 Å². The third-order valence-corrected chi connectivity index (χ3v) is 9.60. The van der Waals surface area contributed by atoms with Gasteiger partial charge in [-0.2, -0.15) is 0 Å². The van der Waals surface area contributed by atoms with E-state index in [2.05, 4.69) is 12.1 Å². The van der Waals surface area contributed by atoms with Crippen molar-refractivity contribution in [3.8, 4) is 28.7 Å². The molecule has 0 saturated carbocycles. The van der Waals surface area contributed by atoms with Gasteiger partial charge in [0.15, 0.2) is 18.1 Å². The number of rotatable bonds is 11. The van der Waals surface area contributed by atoms with Crippen LogP contribution < -0.4 is 58.3 Å². The predicted octanol–water partition coefficient (Wildman–Crippen LogP) is 2.01. The molecule has 3 atom stereocenters. The van der Waals surface area contributed by atoms with Crippen LogP contribution in [0.4, 0.5) is 0 Å². The number of fused-ring (bicyclic) bond motifs is 3. The van der Waals surface area contributed by atoms with Crippen molar-refractivity contribution in [3.63, 3.8) is 0 Å². The number of hydrogen-bond acceptors (Lipinski definition) is 8. The van der Waals surface area contributed by atoms with Crippen LogP contribution >= 0.6 is 0 Å². The predicted molar refractivity (Wildman–Crippen MR) is 170 cm³/mol. The van der Waals surface area contributed by atoms with Gasteiger partial charge in [0.1, 0.15) is 17.2 Å². The maximum atomic E-state index is 13.9. The molecule has 48 heavy (non-hydrogen) atoms. The Labute approximate surface area is 301 Å². The van der Waals surface area contributed by atoms with Gasteiger partial charge in [0.05, 0.1) is 19.1 Å². The molecule has 0 bridgehead atoms. The zero-order valence-corrected chi connectivity index (χ0v) is 29.2. The van der Waals surface area contributed by atoms with Crippen molar-refractivity contribution in [3.05, 3.63) is 112 Å². The number of benzene rings is 4. The van der Waals surface area contributed by atoms with E-state index in [0.717, 1.165) is 42.4 Å². The van der Waals surface area contributed by atoms with Crippen molar-refractivity contribution < 1.29 is 73.0 Å². The Kier molecular flexibility index (Phi) is 9.65. The molecule has 4 aromatic carbocycles. The second-order valence-corrected chi connectivity index (χ2v) is 12.2. The minimum Gasteiger partial charge on any atom is -0.550 e. The normalized spacial score (nSPS) is 20.0. The molecule has 0 saturated heterocycles. The van der Waals surface area contributed by atoms with Gasteiger partial charge in [-0.05, 0) is 89.4 Å². The van der Waals surface area contributed by atoms with E-state index in [-0.39, 0.29) is 42.1 Å². The second kappa shape index (κ2) is 13.7. The van der Waals surface area contributed by atoms with Gasteiger partial charge in [-0.1, -0.05) is 43.3 Å². The molecule has 1 aliphatic heterocycles. The molecule has 10 heteroatoms. The minimum atomic E-state index is -1.26. The fourth-order valence-corrected chi connectivity index (χ4v) is 7.68. The smallest absolute Gasteiger partial charge is 0.550 e. The van der Waals surface area contributed by atoms with Crippen molar-refractivity contribution in [2.45, 2.75) is 43.9 Å². The molecule has 9 nitrogen and oxygen atoms in total. The number of ether oxygens (including phenoxy) is 5. The van der Waals surface area contributed by atoms with E-state index >= 15 is 0 Å². The molecular weight excluding hydrogens is 623 g/mol. The number of carbonyl (C=O) groups is 2. The molecule has 2 aliphatic carbocycles. The first-order valence-electron chi connectivity index (χ1n) is 15.9. The van der Waals surface area contributed by atoms with Crippen LogP contribution in [0.15, 0.2) is 72.8 Å². The second-order valence-electron chi connectivity index (χ2n) is 12.2. The van der Waals surface area contributed by atoms with Gasteiger partial charge >= 0.3 is 35.5 Å². The van der Waals surface area contributed by atoms with E-state index in [9.17, 15) is 19.8 Å². The third-order valence-electron chi connectivity index (χ3n) is 9.60. The molecule has 7 rings (SSSR count). The summed E-state index contributed by atoms with van der Waals surface area (Å²) in [6.45, 7) is 1.96. The molecule has 0 unspecified atom stereocenters. The quantitative estimate of drug-likeness (QED) is 0.241. The minimum absolute atomic E-state index is 0. The Morgan fingerprint density at radius 1 is 0.875 bits per heavy atom. The van der Waals surface area contributed by atoms with Gasteiger partial charge in [-0.15, -0.1) is 0 Å². The Hall–Kier alpha value is -4.18.